The average Bonchev–Trinajstić information content (AvgIpc) is 2.10. The highest BCUT2D eigenvalue weighted by molar-refractivity contribution is 5.68. The van der Waals surface area contributed by atoms with Crippen LogP contribution in [-0.4, -0.2) is 30.2 Å². The highest BCUT2D eigenvalue weighted by atomic mass is 16.6. The van der Waals surface area contributed by atoms with Crippen LogP contribution in [0.15, 0.2) is 11.6 Å². The van der Waals surface area contributed by atoms with Crippen LogP contribution in [0.2, 0.25) is 0 Å². The largest absolute Gasteiger partial charge is 0.450 e. The summed E-state index contributed by atoms with van der Waals surface area (Å²) in [6.45, 7) is 7.13. The summed E-state index contributed by atoms with van der Waals surface area (Å²) in [5, 5.41) is 0. The minimum absolute atomic E-state index is 0.188. The molecule has 1 atom stereocenters. The third-order valence-corrected chi connectivity index (χ3v) is 2.47. The Kier molecular flexibility index (Phi) is 3.34. The molecule has 74 valence electrons. The summed E-state index contributed by atoms with van der Waals surface area (Å²) in [6, 6.07) is 0.188. The van der Waals surface area contributed by atoms with Crippen molar-refractivity contribution < 1.29 is 9.53 Å². The molecule has 0 bridgehead atoms. The maximum atomic E-state index is 11.4. The van der Waals surface area contributed by atoms with Crippen LogP contribution < -0.4 is 0 Å². The Labute approximate surface area is 79.4 Å². The molecule has 0 saturated heterocycles. The van der Waals surface area contributed by atoms with E-state index in [0.29, 0.717) is 6.61 Å². The van der Waals surface area contributed by atoms with Crippen LogP contribution in [0, 0.1) is 0 Å². The first-order valence-electron chi connectivity index (χ1n) is 4.77. The molecule has 0 aliphatic carbocycles. The first-order chi connectivity index (χ1) is 6.16. The Morgan fingerprint density at radius 1 is 1.77 bits per heavy atom. The third kappa shape index (κ3) is 2.23. The van der Waals surface area contributed by atoms with E-state index in [1.165, 1.54) is 5.57 Å². The fourth-order valence-corrected chi connectivity index (χ4v) is 1.50. The zero-order valence-corrected chi connectivity index (χ0v) is 8.54. The van der Waals surface area contributed by atoms with Gasteiger partial charge in [-0.05, 0) is 27.2 Å². The monoisotopic (exact) mass is 183 g/mol. The number of hydrogen-bond donors (Lipinski definition) is 0. The first kappa shape index (κ1) is 10.1. The van der Waals surface area contributed by atoms with Gasteiger partial charge >= 0.3 is 6.09 Å². The highest BCUT2D eigenvalue weighted by Gasteiger charge is 2.24. The molecule has 0 aromatic carbocycles. The van der Waals surface area contributed by atoms with Gasteiger partial charge in [0.2, 0.25) is 0 Å². The van der Waals surface area contributed by atoms with Crippen molar-refractivity contribution in [2.24, 2.45) is 0 Å². The van der Waals surface area contributed by atoms with Crippen molar-refractivity contribution in [3.63, 3.8) is 0 Å². The summed E-state index contributed by atoms with van der Waals surface area (Å²) in [4.78, 5) is 13.2. The molecule has 0 spiro atoms. The SMILES string of the molecule is CCOC(=O)N1CCC=C(C)C1C. The normalized spacial score (nSPS) is 22.5. The van der Waals surface area contributed by atoms with E-state index in [4.69, 9.17) is 4.74 Å². The Bertz CT molecular complexity index is 223. The van der Waals surface area contributed by atoms with Crippen LogP contribution >= 0.6 is 0 Å². The molecule has 0 N–H and O–H groups in total. The van der Waals surface area contributed by atoms with Crippen LogP contribution in [0.4, 0.5) is 4.79 Å². The fourth-order valence-electron chi connectivity index (χ4n) is 1.50. The second-order valence-electron chi connectivity index (χ2n) is 3.31. The molecule has 0 aromatic heterocycles. The summed E-state index contributed by atoms with van der Waals surface area (Å²) in [5.41, 5.74) is 1.25. The number of hydrogen-bond acceptors (Lipinski definition) is 2. The van der Waals surface area contributed by atoms with Gasteiger partial charge in [0.15, 0.2) is 0 Å². The number of carbonyl (C=O) groups excluding carboxylic acids is 1. The second kappa shape index (κ2) is 4.30. The maximum absolute atomic E-state index is 11.4. The lowest BCUT2D eigenvalue weighted by molar-refractivity contribution is 0.0969. The smallest absolute Gasteiger partial charge is 0.410 e. The quantitative estimate of drug-likeness (QED) is 0.583. The van der Waals surface area contributed by atoms with Gasteiger partial charge in [-0.3, -0.25) is 0 Å². The fraction of sp³-hybridized carbons (Fsp3) is 0.700. The van der Waals surface area contributed by atoms with Crippen molar-refractivity contribution in [2.75, 3.05) is 13.2 Å². The second-order valence-corrected chi connectivity index (χ2v) is 3.31. The van der Waals surface area contributed by atoms with Crippen molar-refractivity contribution in [2.45, 2.75) is 33.2 Å². The van der Waals surface area contributed by atoms with Crippen LogP contribution in [-0.2, 0) is 4.74 Å². The lowest BCUT2D eigenvalue weighted by Crippen LogP contribution is -2.42. The van der Waals surface area contributed by atoms with Gasteiger partial charge in [0.05, 0.1) is 12.6 Å². The molecule has 1 unspecified atom stereocenters. The molecule has 0 saturated carbocycles. The number of nitrogens with zero attached hydrogens (tertiary/aromatic N) is 1. The maximum Gasteiger partial charge on any atom is 0.410 e. The number of amides is 1. The summed E-state index contributed by atoms with van der Waals surface area (Å²) >= 11 is 0. The number of ether oxygens (including phenoxy) is 1. The number of carbonyl (C=O) groups is 1. The molecule has 0 radical (unpaired) electrons. The van der Waals surface area contributed by atoms with Crippen LogP contribution in [0.25, 0.3) is 0 Å². The van der Waals surface area contributed by atoms with E-state index in [0.717, 1.165) is 13.0 Å². The molecule has 1 amide bonds. The van der Waals surface area contributed by atoms with Crippen molar-refractivity contribution in [1.82, 2.24) is 4.90 Å². The van der Waals surface area contributed by atoms with E-state index in [-0.39, 0.29) is 12.1 Å². The zero-order valence-electron chi connectivity index (χ0n) is 8.54. The summed E-state index contributed by atoms with van der Waals surface area (Å²) < 4.78 is 4.96. The number of rotatable bonds is 1. The molecular formula is C10H17NO2. The van der Waals surface area contributed by atoms with Gasteiger partial charge in [0.1, 0.15) is 0 Å². The standard InChI is InChI=1S/C10H17NO2/c1-4-13-10(12)11-7-5-6-8(2)9(11)3/h6,9H,4-5,7H2,1-3H3. The van der Waals surface area contributed by atoms with Gasteiger partial charge < -0.3 is 9.64 Å². The van der Waals surface area contributed by atoms with Crippen molar-refractivity contribution >= 4 is 6.09 Å². The third-order valence-electron chi connectivity index (χ3n) is 2.47. The Morgan fingerprint density at radius 2 is 2.46 bits per heavy atom. The van der Waals surface area contributed by atoms with Crippen LogP contribution in [0.1, 0.15) is 27.2 Å². The lowest BCUT2D eigenvalue weighted by Gasteiger charge is -2.32. The van der Waals surface area contributed by atoms with Gasteiger partial charge in [0.25, 0.3) is 0 Å². The molecule has 1 aliphatic heterocycles. The molecular weight excluding hydrogens is 166 g/mol. The average molecular weight is 183 g/mol. The molecule has 3 heteroatoms. The Balaban J connectivity index is 2.61. The summed E-state index contributed by atoms with van der Waals surface area (Å²) in [7, 11) is 0. The van der Waals surface area contributed by atoms with E-state index in [9.17, 15) is 4.79 Å². The zero-order chi connectivity index (χ0) is 9.84. The highest BCUT2D eigenvalue weighted by Crippen LogP contribution is 2.17. The van der Waals surface area contributed by atoms with Gasteiger partial charge in [-0.1, -0.05) is 11.6 Å². The molecule has 1 rings (SSSR count). The van der Waals surface area contributed by atoms with Gasteiger partial charge in [-0.2, -0.15) is 0 Å². The molecule has 13 heavy (non-hydrogen) atoms. The molecule has 1 aliphatic rings. The predicted molar refractivity (Wildman–Crippen MR) is 51.6 cm³/mol. The molecule has 0 aromatic rings. The molecule has 3 nitrogen and oxygen atoms in total. The Hall–Kier alpha value is -0.990. The summed E-state index contributed by atoms with van der Waals surface area (Å²) in [5.74, 6) is 0. The van der Waals surface area contributed by atoms with E-state index in [1.807, 2.05) is 13.8 Å². The van der Waals surface area contributed by atoms with Gasteiger partial charge in [0, 0.05) is 6.54 Å². The van der Waals surface area contributed by atoms with Crippen LogP contribution in [0.5, 0.6) is 0 Å². The van der Waals surface area contributed by atoms with Crippen LogP contribution in [0.3, 0.4) is 0 Å². The van der Waals surface area contributed by atoms with E-state index in [1.54, 1.807) is 4.90 Å². The minimum Gasteiger partial charge on any atom is -0.450 e. The minimum atomic E-state index is -0.192. The topological polar surface area (TPSA) is 29.5 Å². The van der Waals surface area contributed by atoms with E-state index >= 15 is 0 Å². The molecule has 1 heterocycles. The van der Waals surface area contributed by atoms with E-state index < -0.39 is 0 Å². The predicted octanol–water partition coefficient (Wildman–Crippen LogP) is 2.18. The van der Waals surface area contributed by atoms with Crippen molar-refractivity contribution in [3.8, 4) is 0 Å². The van der Waals surface area contributed by atoms with Crippen molar-refractivity contribution in [1.29, 1.82) is 0 Å². The van der Waals surface area contributed by atoms with E-state index in [2.05, 4.69) is 13.0 Å². The Morgan fingerprint density at radius 3 is 3.08 bits per heavy atom. The van der Waals surface area contributed by atoms with Gasteiger partial charge in [-0.15, -0.1) is 0 Å². The lowest BCUT2D eigenvalue weighted by atomic mass is 10.0. The van der Waals surface area contributed by atoms with Gasteiger partial charge in [-0.25, -0.2) is 4.79 Å². The summed E-state index contributed by atoms with van der Waals surface area (Å²) in [6.07, 6.45) is 2.93. The van der Waals surface area contributed by atoms with Crippen molar-refractivity contribution in [3.05, 3.63) is 11.6 Å². The molecule has 0 fully saturated rings. The first-order valence-corrected chi connectivity index (χ1v) is 4.77.